The lowest BCUT2D eigenvalue weighted by Crippen LogP contribution is -2.26. The van der Waals surface area contributed by atoms with Crippen molar-refractivity contribution in [1.82, 2.24) is 19.7 Å². The van der Waals surface area contributed by atoms with Crippen molar-refractivity contribution in [2.75, 3.05) is 11.9 Å². The van der Waals surface area contributed by atoms with E-state index < -0.39 is 0 Å². The highest BCUT2D eigenvalue weighted by atomic mass is 15.3. The molecule has 0 bridgehead atoms. The van der Waals surface area contributed by atoms with Crippen LogP contribution in [0.15, 0.2) is 12.4 Å². The number of fused-ring (bicyclic) bond motifs is 1. The molecular formula is C16H23N5. The zero-order chi connectivity index (χ0) is 15.0. The van der Waals surface area contributed by atoms with Crippen LogP contribution >= 0.6 is 0 Å². The van der Waals surface area contributed by atoms with Crippen LogP contribution in [0.25, 0.3) is 0 Å². The van der Waals surface area contributed by atoms with Crippen molar-refractivity contribution in [2.24, 2.45) is 7.05 Å². The molecule has 0 fully saturated rings. The first kappa shape index (κ1) is 14.0. The largest absolute Gasteiger partial charge is 0.352 e. The zero-order valence-electron chi connectivity index (χ0n) is 13.3. The van der Waals surface area contributed by atoms with E-state index in [4.69, 9.17) is 4.98 Å². The lowest BCUT2D eigenvalue weighted by Gasteiger charge is -2.29. The molecular weight excluding hydrogens is 262 g/mol. The van der Waals surface area contributed by atoms with Crippen molar-refractivity contribution >= 4 is 5.82 Å². The molecule has 21 heavy (non-hydrogen) atoms. The number of anilines is 1. The molecule has 1 atom stereocenters. The Balaban J connectivity index is 1.97. The number of hydrogen-bond acceptors (Lipinski definition) is 4. The van der Waals surface area contributed by atoms with Gasteiger partial charge in [-0.2, -0.15) is 5.10 Å². The van der Waals surface area contributed by atoms with E-state index in [2.05, 4.69) is 35.2 Å². The third-order valence-electron chi connectivity index (χ3n) is 4.40. The van der Waals surface area contributed by atoms with E-state index >= 15 is 0 Å². The summed E-state index contributed by atoms with van der Waals surface area (Å²) in [4.78, 5) is 11.6. The van der Waals surface area contributed by atoms with Gasteiger partial charge in [0.25, 0.3) is 0 Å². The third-order valence-corrected chi connectivity index (χ3v) is 4.40. The lowest BCUT2D eigenvalue weighted by molar-refractivity contribution is 0.642. The summed E-state index contributed by atoms with van der Waals surface area (Å²) in [7, 11) is 4.07. The third kappa shape index (κ3) is 2.64. The normalized spacial score (nSPS) is 15.6. The van der Waals surface area contributed by atoms with Gasteiger partial charge in [-0.1, -0.05) is 0 Å². The molecule has 5 heteroatoms. The average Bonchev–Trinajstić information content (AvgIpc) is 2.91. The molecule has 0 spiro atoms. The van der Waals surface area contributed by atoms with Gasteiger partial charge < -0.3 is 4.90 Å². The highest BCUT2D eigenvalue weighted by Crippen LogP contribution is 2.31. The second kappa shape index (κ2) is 5.47. The van der Waals surface area contributed by atoms with Crippen molar-refractivity contribution in [1.29, 1.82) is 0 Å². The predicted octanol–water partition coefficient (Wildman–Crippen LogP) is 2.59. The molecule has 0 amide bonds. The molecule has 1 aliphatic rings. The van der Waals surface area contributed by atoms with Crippen molar-refractivity contribution < 1.29 is 0 Å². The average molecular weight is 285 g/mol. The summed E-state index contributed by atoms with van der Waals surface area (Å²) >= 11 is 0. The highest BCUT2D eigenvalue weighted by Gasteiger charge is 2.22. The molecule has 0 saturated carbocycles. The van der Waals surface area contributed by atoms with Crippen LogP contribution in [0.2, 0.25) is 0 Å². The van der Waals surface area contributed by atoms with E-state index in [1.807, 2.05) is 24.9 Å². The Kier molecular flexibility index (Phi) is 3.66. The van der Waals surface area contributed by atoms with Crippen LogP contribution < -0.4 is 4.90 Å². The molecule has 0 radical (unpaired) electrons. The van der Waals surface area contributed by atoms with E-state index in [1.54, 1.807) is 0 Å². The molecule has 2 aromatic heterocycles. The van der Waals surface area contributed by atoms with Crippen molar-refractivity contribution in [2.45, 2.75) is 45.6 Å². The van der Waals surface area contributed by atoms with Gasteiger partial charge in [0.15, 0.2) is 0 Å². The molecule has 0 N–H and O–H groups in total. The maximum atomic E-state index is 4.73. The van der Waals surface area contributed by atoms with E-state index in [0.717, 1.165) is 24.5 Å². The molecule has 0 aromatic carbocycles. The van der Waals surface area contributed by atoms with Crippen LogP contribution in [0.5, 0.6) is 0 Å². The molecule has 1 aliphatic carbocycles. The summed E-state index contributed by atoms with van der Waals surface area (Å²) in [6.07, 6.45) is 8.66. The van der Waals surface area contributed by atoms with E-state index in [-0.39, 0.29) is 6.04 Å². The molecule has 2 heterocycles. The second-order valence-corrected chi connectivity index (χ2v) is 5.96. The van der Waals surface area contributed by atoms with Gasteiger partial charge in [0.1, 0.15) is 11.6 Å². The number of nitrogens with zero attached hydrogens (tertiary/aromatic N) is 5. The molecule has 0 saturated heterocycles. The minimum absolute atomic E-state index is 0.249. The molecule has 2 aromatic rings. The maximum absolute atomic E-state index is 4.73. The number of aromatic nitrogens is 4. The van der Waals surface area contributed by atoms with E-state index in [9.17, 15) is 0 Å². The summed E-state index contributed by atoms with van der Waals surface area (Å²) < 4.78 is 1.85. The van der Waals surface area contributed by atoms with E-state index in [0.29, 0.717) is 0 Å². The first-order valence-corrected chi connectivity index (χ1v) is 7.64. The van der Waals surface area contributed by atoms with Gasteiger partial charge in [-0.15, -0.1) is 0 Å². The summed E-state index contributed by atoms with van der Waals surface area (Å²) in [5.74, 6) is 1.96. The van der Waals surface area contributed by atoms with Crippen LogP contribution in [-0.2, 0) is 19.9 Å². The van der Waals surface area contributed by atoms with Gasteiger partial charge in [0.2, 0.25) is 0 Å². The Hall–Kier alpha value is -1.91. The van der Waals surface area contributed by atoms with Gasteiger partial charge in [0, 0.05) is 37.1 Å². The predicted molar refractivity (Wildman–Crippen MR) is 83.4 cm³/mol. The monoisotopic (exact) mass is 285 g/mol. The van der Waals surface area contributed by atoms with Crippen molar-refractivity contribution in [3.05, 3.63) is 35.0 Å². The topological polar surface area (TPSA) is 46.8 Å². The van der Waals surface area contributed by atoms with Crippen LogP contribution in [0.3, 0.4) is 0 Å². The molecule has 112 valence electrons. The van der Waals surface area contributed by atoms with Crippen molar-refractivity contribution in [3.63, 3.8) is 0 Å². The number of aryl methyl sites for hydroxylation is 3. The Morgan fingerprint density at radius 3 is 2.71 bits per heavy atom. The fourth-order valence-electron chi connectivity index (χ4n) is 3.05. The van der Waals surface area contributed by atoms with Gasteiger partial charge >= 0.3 is 0 Å². The molecule has 5 nitrogen and oxygen atoms in total. The fourth-order valence-corrected chi connectivity index (χ4v) is 3.05. The summed E-state index contributed by atoms with van der Waals surface area (Å²) in [6.45, 7) is 4.19. The molecule has 0 aliphatic heterocycles. The van der Waals surface area contributed by atoms with E-state index in [1.165, 1.54) is 29.7 Å². The first-order valence-electron chi connectivity index (χ1n) is 7.64. The minimum Gasteiger partial charge on any atom is -0.352 e. The Labute approximate surface area is 126 Å². The van der Waals surface area contributed by atoms with Gasteiger partial charge in [-0.3, -0.25) is 4.68 Å². The number of hydrogen-bond donors (Lipinski definition) is 0. The Morgan fingerprint density at radius 2 is 2.00 bits per heavy atom. The summed E-state index contributed by atoms with van der Waals surface area (Å²) in [5.41, 5.74) is 3.79. The quantitative estimate of drug-likeness (QED) is 0.869. The van der Waals surface area contributed by atoms with Gasteiger partial charge in [-0.05, 0) is 39.5 Å². The molecule has 3 rings (SSSR count). The maximum Gasteiger partial charge on any atom is 0.136 e. The van der Waals surface area contributed by atoms with Gasteiger partial charge in [0.05, 0.1) is 12.2 Å². The highest BCUT2D eigenvalue weighted by molar-refractivity contribution is 5.51. The Morgan fingerprint density at radius 1 is 1.24 bits per heavy atom. The number of rotatable bonds is 3. The zero-order valence-corrected chi connectivity index (χ0v) is 13.3. The van der Waals surface area contributed by atoms with Crippen LogP contribution in [-0.4, -0.2) is 26.8 Å². The van der Waals surface area contributed by atoms with Crippen molar-refractivity contribution in [3.8, 4) is 0 Å². The summed E-state index contributed by atoms with van der Waals surface area (Å²) in [6, 6.07) is 0.249. The standard InChI is InChI=1S/C16H23N5/c1-11(13-9-17-20(3)10-13)21(4)16-14-7-5-6-8-15(14)18-12(2)19-16/h9-11H,5-8H2,1-4H3. The first-order chi connectivity index (χ1) is 10.1. The lowest BCUT2D eigenvalue weighted by atomic mass is 9.95. The van der Waals surface area contributed by atoms with Crippen LogP contribution in [0.1, 0.15) is 48.5 Å². The smallest absolute Gasteiger partial charge is 0.136 e. The minimum atomic E-state index is 0.249. The molecule has 1 unspecified atom stereocenters. The Bertz CT molecular complexity index is 646. The van der Waals surface area contributed by atoms with Gasteiger partial charge in [-0.25, -0.2) is 9.97 Å². The second-order valence-electron chi connectivity index (χ2n) is 5.96. The SMILES string of the molecule is Cc1nc2c(c(N(C)C(C)c3cnn(C)c3)n1)CCCC2. The van der Waals surface area contributed by atoms with Crippen LogP contribution in [0, 0.1) is 6.92 Å². The summed E-state index contributed by atoms with van der Waals surface area (Å²) in [5, 5.41) is 4.28. The fraction of sp³-hybridized carbons (Fsp3) is 0.562. The van der Waals surface area contributed by atoms with Crippen LogP contribution in [0.4, 0.5) is 5.82 Å².